The van der Waals surface area contributed by atoms with Crippen molar-refractivity contribution in [3.63, 3.8) is 0 Å². The SMILES string of the molecule is CCCn1c(N2CCCC2)c(C=C2SC(=S)N(CCCOC)C2=O)c(C)c(C#N)c1=O. The molecule has 1 aromatic heterocycles. The number of amides is 1. The Balaban J connectivity index is 2.13. The predicted molar refractivity (Wildman–Crippen MR) is 128 cm³/mol. The van der Waals surface area contributed by atoms with E-state index in [1.807, 2.05) is 13.0 Å². The van der Waals surface area contributed by atoms with Crippen LogP contribution in [0.15, 0.2) is 9.70 Å². The molecule has 0 N–H and O–H groups in total. The Morgan fingerprint density at radius 3 is 2.58 bits per heavy atom. The average Bonchev–Trinajstić information content (AvgIpc) is 3.36. The van der Waals surface area contributed by atoms with Gasteiger partial charge in [-0.3, -0.25) is 19.1 Å². The maximum Gasteiger partial charge on any atom is 0.270 e. The quantitative estimate of drug-likeness (QED) is 0.335. The van der Waals surface area contributed by atoms with Gasteiger partial charge in [0.25, 0.3) is 11.5 Å². The lowest BCUT2D eigenvalue weighted by Crippen LogP contribution is -2.33. The predicted octanol–water partition coefficient (Wildman–Crippen LogP) is 3.28. The van der Waals surface area contributed by atoms with Gasteiger partial charge in [0.1, 0.15) is 21.8 Å². The lowest BCUT2D eigenvalue weighted by Gasteiger charge is -2.26. The Kier molecular flexibility index (Phi) is 7.92. The molecule has 2 fully saturated rings. The van der Waals surface area contributed by atoms with Crippen LogP contribution >= 0.6 is 24.0 Å². The number of carbonyl (C=O) groups is 1. The maximum atomic E-state index is 13.1. The number of methoxy groups -OCH3 is 1. The molecule has 31 heavy (non-hydrogen) atoms. The van der Waals surface area contributed by atoms with Gasteiger partial charge in [-0.2, -0.15) is 5.26 Å². The summed E-state index contributed by atoms with van der Waals surface area (Å²) < 4.78 is 7.32. The number of rotatable bonds is 8. The van der Waals surface area contributed by atoms with Gasteiger partial charge in [0.2, 0.25) is 0 Å². The molecule has 2 saturated heterocycles. The van der Waals surface area contributed by atoms with E-state index in [9.17, 15) is 14.9 Å². The van der Waals surface area contributed by atoms with Crippen molar-refractivity contribution < 1.29 is 9.53 Å². The Morgan fingerprint density at radius 2 is 1.97 bits per heavy atom. The third kappa shape index (κ3) is 4.71. The fourth-order valence-electron chi connectivity index (χ4n) is 4.04. The van der Waals surface area contributed by atoms with E-state index in [0.717, 1.165) is 43.7 Å². The molecule has 2 aliphatic heterocycles. The van der Waals surface area contributed by atoms with Crippen LogP contribution < -0.4 is 10.5 Å². The Labute approximate surface area is 192 Å². The number of hydrogen-bond acceptors (Lipinski definition) is 7. The molecule has 0 atom stereocenters. The van der Waals surface area contributed by atoms with E-state index in [1.165, 1.54) is 11.8 Å². The molecule has 3 heterocycles. The van der Waals surface area contributed by atoms with E-state index in [0.29, 0.717) is 40.9 Å². The number of thioether (sulfide) groups is 1. The van der Waals surface area contributed by atoms with Crippen LogP contribution in [-0.4, -0.2) is 53.0 Å². The zero-order valence-corrected chi connectivity index (χ0v) is 19.9. The minimum absolute atomic E-state index is 0.135. The van der Waals surface area contributed by atoms with Crippen molar-refractivity contribution in [3.05, 3.63) is 31.9 Å². The molecular formula is C22H28N4O3S2. The van der Waals surface area contributed by atoms with Crippen molar-refractivity contribution in [1.82, 2.24) is 9.47 Å². The normalized spacial score (nSPS) is 17.8. The lowest BCUT2D eigenvalue weighted by atomic mass is 10.0. The van der Waals surface area contributed by atoms with Gasteiger partial charge < -0.3 is 9.64 Å². The van der Waals surface area contributed by atoms with E-state index in [-0.39, 0.29) is 17.0 Å². The van der Waals surface area contributed by atoms with Crippen LogP contribution in [0.2, 0.25) is 0 Å². The van der Waals surface area contributed by atoms with Crippen molar-refractivity contribution in [2.45, 2.75) is 46.1 Å². The van der Waals surface area contributed by atoms with Crippen LogP contribution in [0, 0.1) is 18.3 Å². The monoisotopic (exact) mass is 460 g/mol. The maximum absolute atomic E-state index is 13.1. The molecule has 0 aromatic carbocycles. The molecule has 0 spiro atoms. The third-order valence-corrected chi connectivity index (χ3v) is 6.96. The summed E-state index contributed by atoms with van der Waals surface area (Å²) in [6, 6.07) is 2.09. The second-order valence-corrected chi connectivity index (χ2v) is 9.36. The van der Waals surface area contributed by atoms with E-state index < -0.39 is 0 Å². The highest BCUT2D eigenvalue weighted by atomic mass is 32.2. The summed E-state index contributed by atoms with van der Waals surface area (Å²) in [7, 11) is 1.63. The molecule has 3 rings (SSSR count). The van der Waals surface area contributed by atoms with Gasteiger partial charge in [-0.1, -0.05) is 30.9 Å². The number of hydrogen-bond donors (Lipinski definition) is 0. The first-order valence-corrected chi connectivity index (χ1v) is 11.8. The topological polar surface area (TPSA) is 78.6 Å². The largest absolute Gasteiger partial charge is 0.385 e. The molecule has 2 aliphatic rings. The Bertz CT molecular complexity index is 1000. The zero-order valence-electron chi connectivity index (χ0n) is 18.3. The van der Waals surface area contributed by atoms with Crippen LogP contribution in [0.4, 0.5) is 5.82 Å². The number of aromatic nitrogens is 1. The number of nitriles is 1. The highest BCUT2D eigenvalue weighted by molar-refractivity contribution is 8.26. The summed E-state index contributed by atoms with van der Waals surface area (Å²) in [4.78, 5) is 30.5. The number of ether oxygens (including phenoxy) is 1. The van der Waals surface area contributed by atoms with Gasteiger partial charge in [-0.25, -0.2) is 0 Å². The highest BCUT2D eigenvalue weighted by Gasteiger charge is 2.33. The smallest absolute Gasteiger partial charge is 0.270 e. The Hall–Kier alpha value is -2.15. The fourth-order valence-corrected chi connectivity index (χ4v) is 5.33. The summed E-state index contributed by atoms with van der Waals surface area (Å²) in [6.45, 7) is 7.10. The molecule has 0 bridgehead atoms. The summed E-state index contributed by atoms with van der Waals surface area (Å²) in [5.74, 6) is 0.676. The van der Waals surface area contributed by atoms with E-state index in [4.69, 9.17) is 17.0 Å². The van der Waals surface area contributed by atoms with Crippen LogP contribution in [0.5, 0.6) is 0 Å². The summed E-state index contributed by atoms with van der Waals surface area (Å²) >= 11 is 6.71. The molecule has 7 nitrogen and oxygen atoms in total. The molecule has 1 amide bonds. The molecule has 0 radical (unpaired) electrons. The molecule has 166 valence electrons. The van der Waals surface area contributed by atoms with Gasteiger partial charge >= 0.3 is 0 Å². The van der Waals surface area contributed by atoms with E-state index in [2.05, 4.69) is 11.0 Å². The van der Waals surface area contributed by atoms with Crippen LogP contribution in [0.1, 0.15) is 49.3 Å². The van der Waals surface area contributed by atoms with Gasteiger partial charge in [0, 0.05) is 45.5 Å². The highest BCUT2D eigenvalue weighted by Crippen LogP contribution is 2.36. The van der Waals surface area contributed by atoms with E-state index in [1.54, 1.807) is 23.5 Å². The van der Waals surface area contributed by atoms with E-state index >= 15 is 0 Å². The molecular weight excluding hydrogens is 432 g/mol. The number of thiocarbonyl (C=S) groups is 1. The molecule has 0 aliphatic carbocycles. The van der Waals surface area contributed by atoms with Crippen LogP contribution in [0.25, 0.3) is 6.08 Å². The van der Waals surface area contributed by atoms with Crippen molar-refractivity contribution >= 4 is 46.1 Å². The second kappa shape index (κ2) is 10.4. The second-order valence-electron chi connectivity index (χ2n) is 7.68. The van der Waals surface area contributed by atoms with Gasteiger partial charge in [-0.05, 0) is 44.2 Å². The van der Waals surface area contributed by atoms with Gasteiger partial charge in [0.15, 0.2) is 0 Å². The summed E-state index contributed by atoms with van der Waals surface area (Å²) in [5, 5.41) is 9.68. The first kappa shape index (κ1) is 23.5. The molecule has 9 heteroatoms. The zero-order chi connectivity index (χ0) is 22.5. The molecule has 1 aromatic rings. The fraction of sp³-hybridized carbons (Fsp3) is 0.545. The lowest BCUT2D eigenvalue weighted by molar-refractivity contribution is -0.122. The van der Waals surface area contributed by atoms with Crippen molar-refractivity contribution in [1.29, 1.82) is 5.26 Å². The van der Waals surface area contributed by atoms with Crippen LogP contribution in [0.3, 0.4) is 0 Å². The molecule has 0 saturated carbocycles. The average molecular weight is 461 g/mol. The summed E-state index contributed by atoms with van der Waals surface area (Å²) in [5.41, 5.74) is 1.27. The third-order valence-electron chi connectivity index (χ3n) is 5.58. The minimum atomic E-state index is -0.256. The number of carbonyl (C=O) groups excluding carboxylic acids is 1. The van der Waals surface area contributed by atoms with Crippen LogP contribution in [-0.2, 0) is 16.1 Å². The van der Waals surface area contributed by atoms with Crippen molar-refractivity contribution in [2.24, 2.45) is 0 Å². The standard InChI is InChI=1S/C22H28N4O3S2/c1-4-8-25-19(24-9-5-6-10-24)16(15(2)17(14-23)20(25)27)13-18-21(28)26(22(30)31-18)11-7-12-29-3/h13H,4-12H2,1-3H3. The minimum Gasteiger partial charge on any atom is -0.385 e. The van der Waals surface area contributed by atoms with Crippen molar-refractivity contribution in [3.8, 4) is 6.07 Å². The summed E-state index contributed by atoms with van der Waals surface area (Å²) in [6.07, 6.45) is 5.41. The first-order valence-electron chi connectivity index (χ1n) is 10.6. The van der Waals surface area contributed by atoms with Crippen molar-refractivity contribution in [2.75, 3.05) is 38.3 Å². The first-order chi connectivity index (χ1) is 14.9. The van der Waals surface area contributed by atoms with Gasteiger partial charge in [0.05, 0.1) is 4.91 Å². The van der Waals surface area contributed by atoms with Gasteiger partial charge in [-0.15, -0.1) is 0 Å². The number of anilines is 1. The Morgan fingerprint density at radius 1 is 1.26 bits per heavy atom. The number of nitrogens with zero attached hydrogens (tertiary/aromatic N) is 4. The number of pyridine rings is 1. The molecule has 0 unspecified atom stereocenters.